The minimum absolute atomic E-state index is 0.453. The number of aromatic nitrogens is 2. The summed E-state index contributed by atoms with van der Waals surface area (Å²) in [6.07, 6.45) is 2.06. The standard InChI is InChI=1S/C12H12N2O2/c1-12(16,9-15)11-7-8-13-14(11)10-5-3-2-4-6-10/h2-9,16H,1H3. The van der Waals surface area contributed by atoms with Gasteiger partial charge in [0, 0.05) is 6.20 Å². The summed E-state index contributed by atoms with van der Waals surface area (Å²) < 4.78 is 1.55. The van der Waals surface area contributed by atoms with Gasteiger partial charge in [-0.15, -0.1) is 0 Å². The average Bonchev–Trinajstić information content (AvgIpc) is 2.80. The van der Waals surface area contributed by atoms with Crippen LogP contribution in [0, 0.1) is 0 Å². The maximum atomic E-state index is 10.8. The molecule has 4 nitrogen and oxygen atoms in total. The van der Waals surface area contributed by atoms with Crippen LogP contribution in [0.25, 0.3) is 5.69 Å². The molecule has 1 heterocycles. The molecule has 0 aliphatic rings. The van der Waals surface area contributed by atoms with Crippen LogP contribution in [-0.2, 0) is 10.4 Å². The van der Waals surface area contributed by atoms with E-state index in [9.17, 15) is 9.90 Å². The zero-order chi connectivity index (χ0) is 11.6. The van der Waals surface area contributed by atoms with Crippen molar-refractivity contribution in [1.82, 2.24) is 9.78 Å². The Balaban J connectivity index is 2.53. The number of carbonyl (C=O) groups is 1. The molecule has 1 N–H and O–H groups in total. The number of hydrogen-bond acceptors (Lipinski definition) is 3. The van der Waals surface area contributed by atoms with Gasteiger partial charge in [0.05, 0.1) is 11.4 Å². The second-order valence-corrected chi connectivity index (χ2v) is 3.73. The number of carbonyl (C=O) groups excluding carboxylic acids is 1. The van der Waals surface area contributed by atoms with Gasteiger partial charge in [0.15, 0.2) is 11.9 Å². The van der Waals surface area contributed by atoms with E-state index >= 15 is 0 Å². The van der Waals surface area contributed by atoms with E-state index in [2.05, 4.69) is 5.10 Å². The van der Waals surface area contributed by atoms with Gasteiger partial charge in [0.1, 0.15) is 0 Å². The normalized spacial score (nSPS) is 14.4. The van der Waals surface area contributed by atoms with E-state index in [1.807, 2.05) is 30.3 Å². The molecule has 2 aromatic rings. The zero-order valence-electron chi connectivity index (χ0n) is 8.87. The maximum absolute atomic E-state index is 10.8. The van der Waals surface area contributed by atoms with E-state index in [0.29, 0.717) is 12.0 Å². The molecule has 0 amide bonds. The molecule has 0 saturated carbocycles. The SMILES string of the molecule is CC(O)(C=O)c1ccnn1-c1ccccc1. The molecule has 0 spiro atoms. The summed E-state index contributed by atoms with van der Waals surface area (Å²) in [6.45, 7) is 1.44. The Morgan fingerprint density at radius 2 is 2.00 bits per heavy atom. The average molecular weight is 216 g/mol. The smallest absolute Gasteiger partial charge is 0.159 e. The summed E-state index contributed by atoms with van der Waals surface area (Å²) >= 11 is 0. The molecule has 0 saturated heterocycles. The van der Waals surface area contributed by atoms with Crippen LogP contribution in [0.4, 0.5) is 0 Å². The van der Waals surface area contributed by atoms with Gasteiger partial charge >= 0.3 is 0 Å². The fraction of sp³-hybridized carbons (Fsp3) is 0.167. The van der Waals surface area contributed by atoms with Gasteiger partial charge in [-0.05, 0) is 25.1 Å². The van der Waals surface area contributed by atoms with Crippen LogP contribution in [0.2, 0.25) is 0 Å². The van der Waals surface area contributed by atoms with Crippen LogP contribution in [0.15, 0.2) is 42.6 Å². The van der Waals surface area contributed by atoms with Crippen molar-refractivity contribution in [2.45, 2.75) is 12.5 Å². The lowest BCUT2D eigenvalue weighted by atomic mass is 10.0. The monoisotopic (exact) mass is 216 g/mol. The van der Waals surface area contributed by atoms with E-state index in [-0.39, 0.29) is 0 Å². The Morgan fingerprint density at radius 3 is 2.62 bits per heavy atom. The highest BCUT2D eigenvalue weighted by molar-refractivity contribution is 5.64. The first-order chi connectivity index (χ1) is 7.65. The Labute approximate surface area is 93.1 Å². The Bertz CT molecular complexity index is 489. The fourth-order valence-corrected chi connectivity index (χ4v) is 1.52. The van der Waals surface area contributed by atoms with Gasteiger partial charge in [0.25, 0.3) is 0 Å². The van der Waals surface area contributed by atoms with Gasteiger partial charge in [-0.2, -0.15) is 5.10 Å². The molecule has 0 bridgehead atoms. The molecule has 16 heavy (non-hydrogen) atoms. The molecule has 2 rings (SSSR count). The van der Waals surface area contributed by atoms with Crippen molar-refractivity contribution >= 4 is 6.29 Å². The quantitative estimate of drug-likeness (QED) is 0.786. The third-order valence-electron chi connectivity index (χ3n) is 2.39. The van der Waals surface area contributed by atoms with Gasteiger partial charge in [-0.3, -0.25) is 4.79 Å². The predicted octanol–water partition coefficient (Wildman–Crippen LogP) is 1.28. The first kappa shape index (κ1) is 10.6. The van der Waals surface area contributed by atoms with E-state index in [1.165, 1.54) is 6.92 Å². The molecule has 1 aromatic carbocycles. The lowest BCUT2D eigenvalue weighted by Crippen LogP contribution is -2.26. The number of nitrogens with zero attached hydrogens (tertiary/aromatic N) is 2. The number of para-hydroxylation sites is 1. The minimum atomic E-state index is -1.52. The highest BCUT2D eigenvalue weighted by atomic mass is 16.3. The summed E-state index contributed by atoms with van der Waals surface area (Å²) in [5.41, 5.74) is -0.259. The molecular formula is C12H12N2O2. The minimum Gasteiger partial charge on any atom is -0.376 e. The number of aliphatic hydroxyl groups is 1. The fourth-order valence-electron chi connectivity index (χ4n) is 1.52. The summed E-state index contributed by atoms with van der Waals surface area (Å²) in [4.78, 5) is 10.8. The predicted molar refractivity (Wildman–Crippen MR) is 59.2 cm³/mol. The van der Waals surface area contributed by atoms with Crippen LogP contribution in [0.1, 0.15) is 12.6 Å². The van der Waals surface area contributed by atoms with Crippen molar-refractivity contribution in [1.29, 1.82) is 0 Å². The molecule has 0 fully saturated rings. The lowest BCUT2D eigenvalue weighted by molar-refractivity contribution is -0.123. The number of hydrogen-bond donors (Lipinski definition) is 1. The van der Waals surface area contributed by atoms with Crippen molar-refractivity contribution in [3.8, 4) is 5.69 Å². The van der Waals surface area contributed by atoms with Gasteiger partial charge < -0.3 is 5.11 Å². The Morgan fingerprint density at radius 1 is 1.31 bits per heavy atom. The van der Waals surface area contributed by atoms with Crippen molar-refractivity contribution in [2.24, 2.45) is 0 Å². The van der Waals surface area contributed by atoms with E-state index in [1.54, 1.807) is 16.9 Å². The Kier molecular flexibility index (Phi) is 2.58. The summed E-state index contributed by atoms with van der Waals surface area (Å²) in [5, 5.41) is 14.0. The number of rotatable bonds is 3. The maximum Gasteiger partial charge on any atom is 0.159 e. The van der Waals surface area contributed by atoms with Crippen LogP contribution in [0.3, 0.4) is 0 Å². The van der Waals surface area contributed by atoms with Crippen molar-refractivity contribution in [3.63, 3.8) is 0 Å². The van der Waals surface area contributed by atoms with Gasteiger partial charge in [-0.1, -0.05) is 18.2 Å². The van der Waals surface area contributed by atoms with E-state index < -0.39 is 5.60 Å². The molecule has 0 aliphatic carbocycles. The van der Waals surface area contributed by atoms with Gasteiger partial charge in [0.2, 0.25) is 0 Å². The topological polar surface area (TPSA) is 55.1 Å². The molecule has 4 heteroatoms. The second kappa shape index (κ2) is 3.90. The first-order valence-electron chi connectivity index (χ1n) is 4.94. The highest BCUT2D eigenvalue weighted by Gasteiger charge is 2.26. The van der Waals surface area contributed by atoms with Crippen molar-refractivity contribution in [2.75, 3.05) is 0 Å². The number of benzene rings is 1. The summed E-state index contributed by atoms with van der Waals surface area (Å²) in [5.74, 6) is 0. The summed E-state index contributed by atoms with van der Waals surface area (Å²) in [6, 6.07) is 11.0. The first-order valence-corrected chi connectivity index (χ1v) is 4.94. The van der Waals surface area contributed by atoms with Gasteiger partial charge in [-0.25, -0.2) is 4.68 Å². The zero-order valence-corrected chi connectivity index (χ0v) is 8.87. The third kappa shape index (κ3) is 1.75. The van der Waals surface area contributed by atoms with Crippen molar-refractivity contribution < 1.29 is 9.90 Å². The summed E-state index contributed by atoms with van der Waals surface area (Å²) in [7, 11) is 0. The highest BCUT2D eigenvalue weighted by Crippen LogP contribution is 2.20. The molecule has 82 valence electrons. The largest absolute Gasteiger partial charge is 0.376 e. The van der Waals surface area contributed by atoms with Crippen molar-refractivity contribution in [3.05, 3.63) is 48.3 Å². The van der Waals surface area contributed by atoms with Crippen LogP contribution in [-0.4, -0.2) is 21.2 Å². The third-order valence-corrected chi connectivity index (χ3v) is 2.39. The van der Waals surface area contributed by atoms with E-state index in [0.717, 1.165) is 5.69 Å². The molecule has 1 aromatic heterocycles. The second-order valence-electron chi connectivity index (χ2n) is 3.73. The molecule has 1 atom stereocenters. The van der Waals surface area contributed by atoms with E-state index in [4.69, 9.17) is 0 Å². The van der Waals surface area contributed by atoms with Crippen LogP contribution < -0.4 is 0 Å². The molecule has 0 radical (unpaired) electrons. The molecule has 0 aliphatic heterocycles. The molecular weight excluding hydrogens is 204 g/mol. The van der Waals surface area contributed by atoms with Crippen LogP contribution in [0.5, 0.6) is 0 Å². The number of aldehydes is 1. The lowest BCUT2D eigenvalue weighted by Gasteiger charge is -2.17. The molecule has 1 unspecified atom stereocenters. The Hall–Kier alpha value is -1.94. The van der Waals surface area contributed by atoms with Crippen LogP contribution >= 0.6 is 0 Å².